The summed E-state index contributed by atoms with van der Waals surface area (Å²) in [7, 11) is 2.15. The third-order valence-corrected chi connectivity index (χ3v) is 5.89. The quantitative estimate of drug-likeness (QED) is 0.764. The van der Waals surface area contributed by atoms with Gasteiger partial charge in [-0.05, 0) is 27.3 Å². The highest BCUT2D eigenvalue weighted by Gasteiger charge is 2.27. The summed E-state index contributed by atoms with van der Waals surface area (Å²) in [6.45, 7) is 9.14. The third kappa shape index (κ3) is 3.56. The van der Waals surface area contributed by atoms with Crippen molar-refractivity contribution in [3.8, 4) is 0 Å². The molecule has 2 aliphatic heterocycles. The van der Waals surface area contributed by atoms with Crippen molar-refractivity contribution >= 4 is 11.7 Å². The van der Waals surface area contributed by atoms with E-state index in [0.717, 1.165) is 61.8 Å². The summed E-state index contributed by atoms with van der Waals surface area (Å²) in [5, 5.41) is 0. The van der Waals surface area contributed by atoms with E-state index in [1.165, 1.54) is 11.9 Å². The van der Waals surface area contributed by atoms with Gasteiger partial charge in [0.25, 0.3) is 5.91 Å². The van der Waals surface area contributed by atoms with Crippen LogP contribution in [0.4, 0.5) is 5.82 Å². The molecule has 4 heterocycles. The van der Waals surface area contributed by atoms with Crippen molar-refractivity contribution in [1.29, 1.82) is 0 Å². The molecule has 0 aliphatic carbocycles. The highest BCUT2D eigenvalue weighted by Crippen LogP contribution is 2.25. The smallest absolute Gasteiger partial charge is 0.272 e. The van der Waals surface area contributed by atoms with Gasteiger partial charge in [-0.3, -0.25) is 4.79 Å². The molecule has 8 heteroatoms. The Morgan fingerprint density at radius 1 is 0.893 bits per heavy atom. The van der Waals surface area contributed by atoms with E-state index < -0.39 is 0 Å². The van der Waals surface area contributed by atoms with Gasteiger partial charge in [-0.15, -0.1) is 0 Å². The van der Waals surface area contributed by atoms with Crippen LogP contribution in [0.15, 0.2) is 12.7 Å². The maximum Gasteiger partial charge on any atom is 0.272 e. The average Bonchev–Trinajstić information content (AvgIpc) is 2.93. The largest absolute Gasteiger partial charge is 0.354 e. The van der Waals surface area contributed by atoms with Crippen molar-refractivity contribution in [2.75, 3.05) is 51.2 Å². The standard InChI is InChI=1S/C20H27N7O/c1-14-15(2)21-12-23-18(14)20(28)27-6-4-16-17(5-7-27)22-13-24-19(16)26-10-8-25(3)9-11-26/h12-13H,4-11H2,1-3H3. The van der Waals surface area contributed by atoms with Crippen LogP contribution in [0.3, 0.4) is 0 Å². The molecule has 0 spiro atoms. The van der Waals surface area contributed by atoms with Crippen LogP contribution >= 0.6 is 0 Å². The molecule has 0 saturated carbocycles. The van der Waals surface area contributed by atoms with Crippen LogP contribution in [0.5, 0.6) is 0 Å². The Hall–Kier alpha value is -2.61. The molecule has 0 bridgehead atoms. The highest BCUT2D eigenvalue weighted by atomic mass is 16.2. The normalized spacial score (nSPS) is 18.0. The zero-order valence-electron chi connectivity index (χ0n) is 16.9. The van der Waals surface area contributed by atoms with Gasteiger partial charge in [-0.2, -0.15) is 0 Å². The first-order valence-electron chi connectivity index (χ1n) is 9.88. The second-order valence-corrected chi connectivity index (χ2v) is 7.64. The Morgan fingerprint density at radius 2 is 1.61 bits per heavy atom. The zero-order valence-corrected chi connectivity index (χ0v) is 16.9. The van der Waals surface area contributed by atoms with E-state index in [2.05, 4.69) is 36.8 Å². The molecule has 0 aromatic carbocycles. The lowest BCUT2D eigenvalue weighted by molar-refractivity contribution is 0.0756. The Bertz CT molecular complexity index is 877. The summed E-state index contributed by atoms with van der Waals surface area (Å²) in [6.07, 6.45) is 4.65. The Labute approximate surface area is 165 Å². The number of hydrogen-bond acceptors (Lipinski definition) is 7. The number of aromatic nitrogens is 4. The second kappa shape index (κ2) is 7.79. The molecule has 0 N–H and O–H groups in total. The maximum absolute atomic E-state index is 13.1. The molecule has 4 rings (SSSR count). The lowest BCUT2D eigenvalue weighted by Crippen LogP contribution is -2.45. The zero-order chi connectivity index (χ0) is 19.7. The van der Waals surface area contributed by atoms with Gasteiger partial charge in [0.2, 0.25) is 0 Å². The van der Waals surface area contributed by atoms with Crippen molar-refractivity contribution < 1.29 is 4.79 Å². The van der Waals surface area contributed by atoms with E-state index in [1.807, 2.05) is 18.7 Å². The van der Waals surface area contributed by atoms with E-state index in [1.54, 1.807) is 6.33 Å². The Balaban J connectivity index is 1.55. The van der Waals surface area contributed by atoms with Gasteiger partial charge in [0, 0.05) is 62.5 Å². The van der Waals surface area contributed by atoms with Crippen LogP contribution in [0.25, 0.3) is 0 Å². The predicted octanol–water partition coefficient (Wildman–Crippen LogP) is 0.876. The number of likely N-dealkylation sites (N-methyl/N-ethyl adjacent to an activating group) is 1. The van der Waals surface area contributed by atoms with Crippen LogP contribution in [0.1, 0.15) is 33.0 Å². The van der Waals surface area contributed by atoms with Crippen molar-refractivity contribution in [2.24, 2.45) is 0 Å². The maximum atomic E-state index is 13.1. The van der Waals surface area contributed by atoms with E-state index in [0.29, 0.717) is 18.8 Å². The van der Waals surface area contributed by atoms with Crippen LogP contribution < -0.4 is 4.90 Å². The van der Waals surface area contributed by atoms with Crippen LogP contribution in [-0.4, -0.2) is 82.0 Å². The molecule has 2 aromatic heterocycles. The fourth-order valence-electron chi connectivity index (χ4n) is 3.91. The van der Waals surface area contributed by atoms with E-state index in [-0.39, 0.29) is 5.91 Å². The number of anilines is 1. The molecule has 0 unspecified atom stereocenters. The first-order chi connectivity index (χ1) is 13.5. The molecule has 1 amide bonds. The minimum atomic E-state index is -0.0232. The number of hydrogen-bond donors (Lipinski definition) is 0. The molecule has 8 nitrogen and oxygen atoms in total. The minimum Gasteiger partial charge on any atom is -0.354 e. The summed E-state index contributed by atoms with van der Waals surface area (Å²) < 4.78 is 0. The van der Waals surface area contributed by atoms with Crippen LogP contribution in [0, 0.1) is 13.8 Å². The summed E-state index contributed by atoms with van der Waals surface area (Å²) in [4.78, 5) is 37.2. The fourth-order valence-corrected chi connectivity index (χ4v) is 3.91. The molecule has 28 heavy (non-hydrogen) atoms. The van der Waals surface area contributed by atoms with Crippen LogP contribution in [-0.2, 0) is 12.8 Å². The van der Waals surface area contributed by atoms with Crippen LogP contribution in [0.2, 0.25) is 0 Å². The number of amides is 1. The summed E-state index contributed by atoms with van der Waals surface area (Å²) in [5.41, 5.74) is 4.46. The lowest BCUT2D eigenvalue weighted by atomic mass is 10.1. The Kier molecular flexibility index (Phi) is 5.21. The lowest BCUT2D eigenvalue weighted by Gasteiger charge is -2.34. The minimum absolute atomic E-state index is 0.0232. The van der Waals surface area contributed by atoms with Gasteiger partial charge < -0.3 is 14.7 Å². The molecule has 148 valence electrons. The molecule has 0 radical (unpaired) electrons. The van der Waals surface area contributed by atoms with Gasteiger partial charge in [0.1, 0.15) is 24.2 Å². The molecular formula is C20H27N7O. The molecule has 2 aliphatic rings. The van der Waals surface area contributed by atoms with E-state index >= 15 is 0 Å². The summed E-state index contributed by atoms with van der Waals surface area (Å²) in [6, 6.07) is 0. The molecule has 1 saturated heterocycles. The van der Waals surface area contributed by atoms with Gasteiger partial charge >= 0.3 is 0 Å². The monoisotopic (exact) mass is 381 g/mol. The van der Waals surface area contributed by atoms with Gasteiger partial charge in [0.05, 0.1) is 5.69 Å². The molecule has 0 atom stereocenters. The Morgan fingerprint density at radius 3 is 2.39 bits per heavy atom. The first kappa shape index (κ1) is 18.7. The second-order valence-electron chi connectivity index (χ2n) is 7.64. The highest BCUT2D eigenvalue weighted by molar-refractivity contribution is 5.93. The van der Waals surface area contributed by atoms with Gasteiger partial charge in [0.15, 0.2) is 0 Å². The van der Waals surface area contributed by atoms with Gasteiger partial charge in [-0.1, -0.05) is 0 Å². The predicted molar refractivity (Wildman–Crippen MR) is 107 cm³/mol. The van der Waals surface area contributed by atoms with Crippen molar-refractivity contribution in [2.45, 2.75) is 26.7 Å². The summed E-state index contributed by atoms with van der Waals surface area (Å²) >= 11 is 0. The number of fused-ring (bicyclic) bond motifs is 1. The van der Waals surface area contributed by atoms with E-state index in [4.69, 9.17) is 0 Å². The average molecular weight is 381 g/mol. The fraction of sp³-hybridized carbons (Fsp3) is 0.550. The number of aryl methyl sites for hydroxylation is 1. The van der Waals surface area contributed by atoms with Crippen molar-refractivity contribution in [3.05, 3.63) is 40.9 Å². The number of piperazine rings is 1. The molecular weight excluding hydrogens is 354 g/mol. The van der Waals surface area contributed by atoms with Crippen molar-refractivity contribution in [3.63, 3.8) is 0 Å². The van der Waals surface area contributed by atoms with E-state index in [9.17, 15) is 4.79 Å². The topological polar surface area (TPSA) is 78.3 Å². The first-order valence-corrected chi connectivity index (χ1v) is 9.88. The SMILES string of the molecule is Cc1ncnc(C(=O)N2CCc3ncnc(N4CCN(C)CC4)c3CC2)c1C. The number of carbonyl (C=O) groups excluding carboxylic acids is 1. The molecule has 1 fully saturated rings. The molecule has 2 aromatic rings. The third-order valence-electron chi connectivity index (χ3n) is 5.89. The van der Waals surface area contributed by atoms with Crippen molar-refractivity contribution in [1.82, 2.24) is 29.7 Å². The number of carbonyl (C=O) groups is 1. The number of nitrogens with zero attached hydrogens (tertiary/aromatic N) is 7. The number of rotatable bonds is 2. The summed E-state index contributed by atoms with van der Waals surface area (Å²) in [5.74, 6) is 1.02. The van der Waals surface area contributed by atoms with Gasteiger partial charge in [-0.25, -0.2) is 19.9 Å².